The Labute approximate surface area is 251 Å². The van der Waals surface area contributed by atoms with E-state index in [0.717, 1.165) is 6.07 Å². The molecule has 3 heterocycles. The SMILES string of the molecule is Cc1cc(-n2ccc(-c3nccs3)n2)c(CCCO[Si](C)(C)C(C)(C)C)c(Nc2ccc(C(F)(F)F)cc2C(F)(F)F)n1. The summed E-state index contributed by atoms with van der Waals surface area (Å²) in [6, 6.07) is 5.07. The molecule has 232 valence electrons. The largest absolute Gasteiger partial charge is 0.418 e. The Morgan fingerprint density at radius 3 is 2.33 bits per heavy atom. The molecule has 3 aromatic heterocycles. The van der Waals surface area contributed by atoms with Gasteiger partial charge in [0, 0.05) is 35.6 Å². The van der Waals surface area contributed by atoms with E-state index in [4.69, 9.17) is 4.43 Å². The molecule has 0 aliphatic carbocycles. The van der Waals surface area contributed by atoms with E-state index in [1.54, 1.807) is 36.1 Å². The number of aryl methyl sites for hydroxylation is 1. The Kier molecular flexibility index (Phi) is 9.15. The molecule has 0 saturated carbocycles. The Bertz CT molecular complexity index is 1560. The van der Waals surface area contributed by atoms with Crippen LogP contribution in [0.1, 0.15) is 49.6 Å². The van der Waals surface area contributed by atoms with Crippen LogP contribution >= 0.6 is 11.3 Å². The topological polar surface area (TPSA) is 64.9 Å². The predicted molar refractivity (Wildman–Crippen MR) is 158 cm³/mol. The van der Waals surface area contributed by atoms with Crippen molar-refractivity contribution in [1.29, 1.82) is 0 Å². The lowest BCUT2D eigenvalue weighted by atomic mass is 10.1. The maximum atomic E-state index is 14.0. The second-order valence-corrected chi connectivity index (χ2v) is 17.4. The van der Waals surface area contributed by atoms with Crippen molar-refractivity contribution < 1.29 is 30.8 Å². The summed E-state index contributed by atoms with van der Waals surface area (Å²) in [5.74, 6) is 0.0962. The van der Waals surface area contributed by atoms with Gasteiger partial charge in [0.05, 0.1) is 22.5 Å². The first-order valence-corrected chi connectivity index (χ1v) is 17.3. The molecular formula is C29H33F6N5OSSi. The monoisotopic (exact) mass is 641 g/mol. The van der Waals surface area contributed by atoms with Crippen molar-refractivity contribution in [3.63, 3.8) is 0 Å². The molecule has 6 nitrogen and oxygen atoms in total. The van der Waals surface area contributed by atoms with Gasteiger partial charge < -0.3 is 9.74 Å². The molecule has 0 aliphatic heterocycles. The highest BCUT2D eigenvalue weighted by Gasteiger charge is 2.39. The molecule has 14 heteroatoms. The third kappa shape index (κ3) is 7.65. The second-order valence-electron chi connectivity index (χ2n) is 11.7. The standard InChI is InChI=1S/C29H33F6N5OSSi/c1-18-16-24(40-13-11-23(39-40)26-36-12-15-42-26)20(8-7-14-41-43(5,6)27(2,3)4)25(37-18)38-22-10-9-19(28(30,31)32)17-21(22)29(33,34)35/h9-13,15-17H,7-8,14H2,1-6H3,(H,37,38). The van der Waals surface area contributed by atoms with Crippen molar-refractivity contribution in [1.82, 2.24) is 19.7 Å². The van der Waals surface area contributed by atoms with Crippen molar-refractivity contribution in [3.05, 3.63) is 70.5 Å². The normalized spacial score (nSPS) is 13.0. The van der Waals surface area contributed by atoms with Gasteiger partial charge in [-0.1, -0.05) is 20.8 Å². The van der Waals surface area contributed by atoms with Crippen LogP contribution in [-0.2, 0) is 23.2 Å². The van der Waals surface area contributed by atoms with Gasteiger partial charge in [-0.25, -0.2) is 14.6 Å². The van der Waals surface area contributed by atoms with E-state index in [9.17, 15) is 26.3 Å². The number of aromatic nitrogens is 4. The number of nitrogens with zero attached hydrogens (tertiary/aromatic N) is 4. The van der Waals surface area contributed by atoms with Crippen molar-refractivity contribution in [2.75, 3.05) is 11.9 Å². The Balaban J connectivity index is 1.76. The maximum absolute atomic E-state index is 14.0. The zero-order valence-corrected chi connectivity index (χ0v) is 26.4. The fourth-order valence-corrected chi connectivity index (χ4v) is 5.83. The minimum Gasteiger partial charge on any atom is -0.417 e. The van der Waals surface area contributed by atoms with Crippen LogP contribution < -0.4 is 5.32 Å². The number of pyridine rings is 1. The average Bonchev–Trinajstić information content (AvgIpc) is 3.58. The Morgan fingerprint density at radius 2 is 1.72 bits per heavy atom. The van der Waals surface area contributed by atoms with Crippen LogP contribution in [-0.4, -0.2) is 34.7 Å². The predicted octanol–water partition coefficient (Wildman–Crippen LogP) is 9.43. The van der Waals surface area contributed by atoms with Crippen LogP contribution in [0.15, 0.2) is 48.1 Å². The van der Waals surface area contributed by atoms with E-state index in [2.05, 4.69) is 54.2 Å². The summed E-state index contributed by atoms with van der Waals surface area (Å²) in [6.07, 6.45) is -5.71. The molecule has 0 aliphatic rings. The van der Waals surface area contributed by atoms with Gasteiger partial charge in [-0.3, -0.25) is 0 Å². The number of hydrogen-bond donors (Lipinski definition) is 1. The minimum atomic E-state index is -5.04. The van der Waals surface area contributed by atoms with Gasteiger partial charge >= 0.3 is 12.4 Å². The molecule has 1 N–H and O–H groups in total. The average molecular weight is 642 g/mol. The Morgan fingerprint density at radius 1 is 1.00 bits per heavy atom. The maximum Gasteiger partial charge on any atom is 0.418 e. The molecule has 0 atom stereocenters. The lowest BCUT2D eigenvalue weighted by Crippen LogP contribution is -2.41. The highest BCUT2D eigenvalue weighted by Crippen LogP contribution is 2.41. The van der Waals surface area contributed by atoms with E-state index in [1.807, 2.05) is 5.38 Å². The number of rotatable bonds is 9. The molecule has 4 rings (SSSR count). The van der Waals surface area contributed by atoms with Gasteiger partial charge in [0.1, 0.15) is 16.5 Å². The summed E-state index contributed by atoms with van der Waals surface area (Å²) in [5, 5.41) is 9.88. The van der Waals surface area contributed by atoms with Crippen LogP contribution in [0.3, 0.4) is 0 Å². The number of alkyl halides is 6. The zero-order valence-electron chi connectivity index (χ0n) is 24.6. The number of thiazole rings is 1. The van der Waals surface area contributed by atoms with Crippen LogP contribution in [0.5, 0.6) is 0 Å². The molecule has 1 aromatic carbocycles. The van der Waals surface area contributed by atoms with E-state index < -0.39 is 37.5 Å². The molecule has 43 heavy (non-hydrogen) atoms. The third-order valence-corrected chi connectivity index (χ3v) is 12.8. The van der Waals surface area contributed by atoms with Crippen molar-refractivity contribution in [2.24, 2.45) is 0 Å². The van der Waals surface area contributed by atoms with Gasteiger partial charge in [0.15, 0.2) is 8.32 Å². The summed E-state index contributed by atoms with van der Waals surface area (Å²) in [7, 11) is -2.05. The van der Waals surface area contributed by atoms with Gasteiger partial charge in [-0.2, -0.15) is 31.4 Å². The summed E-state index contributed by atoms with van der Waals surface area (Å²) in [5.41, 5.74) is -1.15. The molecule has 0 spiro atoms. The van der Waals surface area contributed by atoms with Crippen molar-refractivity contribution >= 4 is 31.2 Å². The first kappa shape index (κ1) is 32.7. The van der Waals surface area contributed by atoms with E-state index in [1.165, 1.54) is 11.3 Å². The van der Waals surface area contributed by atoms with Gasteiger partial charge in [-0.15, -0.1) is 11.3 Å². The van der Waals surface area contributed by atoms with E-state index in [0.29, 0.717) is 53.2 Å². The molecule has 0 saturated heterocycles. The molecular weight excluding hydrogens is 608 g/mol. The van der Waals surface area contributed by atoms with Crippen LogP contribution in [0.25, 0.3) is 16.4 Å². The molecule has 4 aromatic rings. The lowest BCUT2D eigenvalue weighted by Gasteiger charge is -2.36. The Hall–Kier alpha value is -3.23. The highest BCUT2D eigenvalue weighted by atomic mass is 32.1. The fourth-order valence-electron chi connectivity index (χ4n) is 4.14. The summed E-state index contributed by atoms with van der Waals surface area (Å²) in [4.78, 5) is 8.77. The smallest absolute Gasteiger partial charge is 0.417 e. The van der Waals surface area contributed by atoms with Crippen LogP contribution in [0.4, 0.5) is 37.8 Å². The summed E-state index contributed by atoms with van der Waals surface area (Å²) in [6.45, 7) is 12.7. The molecule has 0 fully saturated rings. The molecule has 0 bridgehead atoms. The number of anilines is 2. The van der Waals surface area contributed by atoms with E-state index in [-0.39, 0.29) is 16.9 Å². The minimum absolute atomic E-state index is 0.00580. The van der Waals surface area contributed by atoms with Gasteiger partial charge in [0.25, 0.3) is 0 Å². The molecule has 0 radical (unpaired) electrons. The lowest BCUT2D eigenvalue weighted by molar-refractivity contribution is -0.142. The first-order valence-electron chi connectivity index (χ1n) is 13.5. The number of hydrogen-bond acceptors (Lipinski definition) is 6. The van der Waals surface area contributed by atoms with Crippen molar-refractivity contribution in [2.45, 2.75) is 71.0 Å². The zero-order chi connectivity index (χ0) is 31.8. The quantitative estimate of drug-likeness (QED) is 0.112. The third-order valence-electron chi connectivity index (χ3n) is 7.46. The summed E-state index contributed by atoms with van der Waals surface area (Å²) >= 11 is 1.41. The van der Waals surface area contributed by atoms with Crippen LogP contribution in [0.2, 0.25) is 18.1 Å². The second kappa shape index (κ2) is 12.0. The fraction of sp³-hybridized carbons (Fsp3) is 0.414. The number of halogens is 6. The summed E-state index contributed by atoms with van der Waals surface area (Å²) < 4.78 is 89.7. The molecule has 0 amide bonds. The van der Waals surface area contributed by atoms with Gasteiger partial charge in [-0.05, 0) is 68.2 Å². The molecule has 0 unspecified atom stereocenters. The first-order chi connectivity index (χ1) is 19.9. The van der Waals surface area contributed by atoms with E-state index >= 15 is 0 Å². The highest BCUT2D eigenvalue weighted by molar-refractivity contribution is 7.13. The number of nitrogens with one attached hydrogen (secondary N) is 1. The number of benzene rings is 1. The van der Waals surface area contributed by atoms with Crippen LogP contribution in [0, 0.1) is 6.92 Å². The van der Waals surface area contributed by atoms with Gasteiger partial charge in [0.2, 0.25) is 0 Å². The van der Waals surface area contributed by atoms with Crippen molar-refractivity contribution in [3.8, 4) is 16.4 Å².